The van der Waals surface area contributed by atoms with Crippen molar-refractivity contribution in [1.29, 1.82) is 5.26 Å². The molecule has 2 aromatic carbocycles. The molecular formula is C28H37N3O3. The normalized spacial score (nSPS) is 19.1. The summed E-state index contributed by atoms with van der Waals surface area (Å²) in [4.78, 5) is 11.3. The maximum absolute atomic E-state index is 11.3. The molecule has 1 aliphatic carbocycles. The number of hydrogen-bond acceptors (Lipinski definition) is 4. The van der Waals surface area contributed by atoms with E-state index in [4.69, 9.17) is 4.74 Å². The van der Waals surface area contributed by atoms with Gasteiger partial charge >= 0.3 is 6.09 Å². The minimum atomic E-state index is -0.941. The molecule has 182 valence electrons. The Balaban J connectivity index is 1.67. The van der Waals surface area contributed by atoms with Gasteiger partial charge in [0.05, 0.1) is 18.2 Å². The van der Waals surface area contributed by atoms with Crippen molar-refractivity contribution in [3.8, 4) is 22.9 Å². The predicted molar refractivity (Wildman–Crippen MR) is 135 cm³/mol. The maximum Gasteiger partial charge on any atom is 0.404 e. The van der Waals surface area contributed by atoms with Crippen LogP contribution in [-0.2, 0) is 6.54 Å². The van der Waals surface area contributed by atoms with Crippen LogP contribution in [0.1, 0.15) is 64.5 Å². The number of amides is 1. The summed E-state index contributed by atoms with van der Waals surface area (Å²) in [6.07, 6.45) is 3.10. The number of carbonyl (C=O) groups is 1. The maximum atomic E-state index is 11.3. The van der Waals surface area contributed by atoms with E-state index in [9.17, 15) is 15.2 Å². The first-order valence-electron chi connectivity index (χ1n) is 12.2. The van der Waals surface area contributed by atoms with Crippen molar-refractivity contribution < 1.29 is 14.6 Å². The summed E-state index contributed by atoms with van der Waals surface area (Å²) in [7, 11) is 0. The molecule has 0 radical (unpaired) electrons. The molecule has 0 bridgehead atoms. The lowest BCUT2D eigenvalue weighted by atomic mass is 9.72. The van der Waals surface area contributed by atoms with Gasteiger partial charge in [-0.15, -0.1) is 0 Å². The molecule has 0 aromatic heterocycles. The monoisotopic (exact) mass is 463 g/mol. The Hall–Kier alpha value is -3.04. The van der Waals surface area contributed by atoms with Crippen LogP contribution >= 0.6 is 0 Å². The third-order valence-electron chi connectivity index (χ3n) is 6.72. The number of carboxylic acid groups (broad SMARTS) is 1. The molecule has 3 rings (SSSR count). The molecule has 0 saturated heterocycles. The highest BCUT2D eigenvalue weighted by Gasteiger charge is 2.35. The van der Waals surface area contributed by atoms with E-state index >= 15 is 0 Å². The van der Waals surface area contributed by atoms with E-state index in [1.807, 2.05) is 43.3 Å². The summed E-state index contributed by atoms with van der Waals surface area (Å²) < 4.78 is 5.88. The van der Waals surface area contributed by atoms with E-state index in [2.05, 4.69) is 43.5 Å². The lowest BCUT2D eigenvalue weighted by Crippen LogP contribution is -2.50. The Kier molecular flexibility index (Phi) is 8.57. The molecule has 1 fully saturated rings. The lowest BCUT2D eigenvalue weighted by Gasteiger charge is -2.40. The number of ether oxygens (including phenoxy) is 1. The van der Waals surface area contributed by atoms with Crippen LogP contribution in [0.15, 0.2) is 42.5 Å². The molecule has 2 aromatic rings. The van der Waals surface area contributed by atoms with Crippen molar-refractivity contribution in [3.05, 3.63) is 53.6 Å². The second-order valence-corrected chi connectivity index (χ2v) is 10.2. The summed E-state index contributed by atoms with van der Waals surface area (Å²) in [5.74, 6) is 1.23. The topological polar surface area (TPSA) is 94.4 Å². The van der Waals surface area contributed by atoms with Crippen LogP contribution in [0.2, 0.25) is 0 Å². The van der Waals surface area contributed by atoms with Gasteiger partial charge in [0.1, 0.15) is 5.75 Å². The smallest absolute Gasteiger partial charge is 0.404 e. The van der Waals surface area contributed by atoms with Crippen LogP contribution in [-0.4, -0.2) is 29.9 Å². The van der Waals surface area contributed by atoms with Gasteiger partial charge in [-0.3, -0.25) is 0 Å². The molecule has 1 saturated carbocycles. The summed E-state index contributed by atoms with van der Waals surface area (Å²) in [6, 6.07) is 16.4. The minimum absolute atomic E-state index is 0.0450. The highest BCUT2D eigenvalue weighted by atomic mass is 16.5. The van der Waals surface area contributed by atoms with Gasteiger partial charge in [0.15, 0.2) is 0 Å². The highest BCUT2D eigenvalue weighted by molar-refractivity contribution is 5.67. The van der Waals surface area contributed by atoms with Crippen LogP contribution in [0.3, 0.4) is 0 Å². The largest absolute Gasteiger partial charge is 0.494 e. The Bertz CT molecular complexity index is 1010. The van der Waals surface area contributed by atoms with Crippen molar-refractivity contribution in [3.63, 3.8) is 0 Å². The quantitative estimate of drug-likeness (QED) is 0.449. The summed E-state index contributed by atoms with van der Waals surface area (Å²) in [5.41, 5.74) is 3.72. The van der Waals surface area contributed by atoms with Crippen LogP contribution < -0.4 is 15.4 Å². The standard InChI is InChI=1S/C28H37N3O3/c1-5-34-25-14-11-22(21-8-6-7-19(15-21)17-29)16-23(25)18-30-24-12-9-20(10-13-24)26(28(2,3)4)31-27(32)33/h6-8,11,14-16,20,24,26,30-31H,5,9-10,12-13,18H2,1-4H3,(H,32,33). The van der Waals surface area contributed by atoms with Crippen molar-refractivity contribution in [2.45, 2.75) is 72.0 Å². The van der Waals surface area contributed by atoms with E-state index in [0.717, 1.165) is 48.1 Å². The number of benzene rings is 2. The lowest BCUT2D eigenvalue weighted by molar-refractivity contribution is 0.129. The average molecular weight is 464 g/mol. The second-order valence-electron chi connectivity index (χ2n) is 10.2. The van der Waals surface area contributed by atoms with E-state index in [0.29, 0.717) is 30.7 Å². The minimum Gasteiger partial charge on any atom is -0.494 e. The van der Waals surface area contributed by atoms with Gasteiger partial charge in [0.25, 0.3) is 0 Å². The molecule has 34 heavy (non-hydrogen) atoms. The van der Waals surface area contributed by atoms with Crippen LogP contribution in [0.25, 0.3) is 11.1 Å². The van der Waals surface area contributed by atoms with Crippen LogP contribution in [0, 0.1) is 22.7 Å². The number of hydrogen-bond donors (Lipinski definition) is 3. The molecule has 6 nitrogen and oxygen atoms in total. The van der Waals surface area contributed by atoms with E-state index in [1.54, 1.807) is 0 Å². The van der Waals surface area contributed by atoms with Gasteiger partial charge in [-0.25, -0.2) is 4.79 Å². The fourth-order valence-electron chi connectivity index (χ4n) is 5.05. The fraction of sp³-hybridized carbons (Fsp3) is 0.500. The average Bonchev–Trinajstić information content (AvgIpc) is 2.82. The van der Waals surface area contributed by atoms with E-state index in [-0.39, 0.29) is 11.5 Å². The molecule has 1 unspecified atom stereocenters. The molecule has 0 spiro atoms. The second kappa shape index (κ2) is 11.4. The molecule has 1 amide bonds. The Morgan fingerprint density at radius 1 is 1.15 bits per heavy atom. The highest BCUT2D eigenvalue weighted by Crippen LogP contribution is 2.35. The Labute approximate surface area is 203 Å². The van der Waals surface area contributed by atoms with Crippen LogP contribution in [0.4, 0.5) is 4.79 Å². The Morgan fingerprint density at radius 2 is 1.85 bits per heavy atom. The van der Waals surface area contributed by atoms with E-state index < -0.39 is 6.09 Å². The zero-order chi connectivity index (χ0) is 24.7. The summed E-state index contributed by atoms with van der Waals surface area (Å²) in [6.45, 7) is 9.60. The molecule has 1 aliphatic rings. The van der Waals surface area contributed by atoms with Gasteiger partial charge in [-0.2, -0.15) is 5.26 Å². The van der Waals surface area contributed by atoms with Gasteiger partial charge in [-0.1, -0.05) is 39.0 Å². The van der Waals surface area contributed by atoms with Crippen molar-refractivity contribution in [2.24, 2.45) is 11.3 Å². The van der Waals surface area contributed by atoms with Gasteiger partial charge < -0.3 is 20.5 Å². The predicted octanol–water partition coefficient (Wildman–Crippen LogP) is 5.95. The Morgan fingerprint density at radius 3 is 2.47 bits per heavy atom. The zero-order valence-corrected chi connectivity index (χ0v) is 20.7. The summed E-state index contributed by atoms with van der Waals surface area (Å²) >= 11 is 0. The summed E-state index contributed by atoms with van der Waals surface area (Å²) in [5, 5.41) is 25.0. The zero-order valence-electron chi connectivity index (χ0n) is 20.7. The number of nitrogens with one attached hydrogen (secondary N) is 2. The third-order valence-corrected chi connectivity index (χ3v) is 6.72. The van der Waals surface area contributed by atoms with Crippen LogP contribution in [0.5, 0.6) is 5.75 Å². The number of nitrogens with zero attached hydrogens (tertiary/aromatic N) is 1. The van der Waals surface area contributed by atoms with Crippen molar-refractivity contribution in [2.75, 3.05) is 6.61 Å². The first kappa shape index (κ1) is 25.6. The first-order valence-corrected chi connectivity index (χ1v) is 12.2. The molecule has 3 N–H and O–H groups in total. The molecule has 6 heteroatoms. The first-order chi connectivity index (χ1) is 16.2. The molecule has 0 heterocycles. The molecular weight excluding hydrogens is 426 g/mol. The SMILES string of the molecule is CCOc1ccc(-c2cccc(C#N)c2)cc1CNC1CCC(C(NC(=O)O)C(C)(C)C)CC1. The molecule has 0 aliphatic heterocycles. The van der Waals surface area contributed by atoms with Crippen molar-refractivity contribution >= 4 is 6.09 Å². The van der Waals surface area contributed by atoms with E-state index in [1.165, 1.54) is 0 Å². The van der Waals surface area contributed by atoms with Gasteiger partial charge in [0.2, 0.25) is 0 Å². The number of nitriles is 1. The third kappa shape index (κ3) is 6.74. The molecule has 1 atom stereocenters. The van der Waals surface area contributed by atoms with Gasteiger partial charge in [-0.05, 0) is 79.3 Å². The van der Waals surface area contributed by atoms with Crippen molar-refractivity contribution in [1.82, 2.24) is 10.6 Å². The fourth-order valence-corrected chi connectivity index (χ4v) is 5.05. The number of rotatable bonds is 8. The van der Waals surface area contributed by atoms with Gasteiger partial charge in [0, 0.05) is 24.2 Å².